The number of ether oxygens (including phenoxy) is 1. The number of benzene rings is 3. The molecule has 1 aliphatic rings. The van der Waals surface area contributed by atoms with E-state index in [0.29, 0.717) is 11.1 Å². The Kier molecular flexibility index (Phi) is 10.3. The van der Waals surface area contributed by atoms with Gasteiger partial charge in [0.25, 0.3) is 11.8 Å². The van der Waals surface area contributed by atoms with E-state index >= 15 is 0 Å². The first-order valence-electron chi connectivity index (χ1n) is 14.0. The Morgan fingerprint density at radius 2 is 1.69 bits per heavy atom. The molecule has 45 heavy (non-hydrogen) atoms. The number of amides is 3. The van der Waals surface area contributed by atoms with Gasteiger partial charge in [0.2, 0.25) is 5.91 Å². The molecule has 3 aromatic rings. The van der Waals surface area contributed by atoms with Crippen molar-refractivity contribution in [3.05, 3.63) is 95.1 Å². The number of aliphatic hydroxyl groups excluding tert-OH is 1. The van der Waals surface area contributed by atoms with Crippen LogP contribution in [0.3, 0.4) is 0 Å². The monoisotopic (exact) mass is 645 g/mol. The van der Waals surface area contributed by atoms with Crippen LogP contribution < -0.4 is 15.4 Å². The third-order valence-corrected chi connectivity index (χ3v) is 8.87. The maximum Gasteiger partial charge on any atom is 0.573 e. The lowest BCUT2D eigenvalue weighted by molar-refractivity contribution is -0.274. The molecule has 0 aromatic heterocycles. The second kappa shape index (κ2) is 13.8. The number of nitrogens with one attached hydrogen (secondary N) is 2. The van der Waals surface area contributed by atoms with Gasteiger partial charge in [-0.05, 0) is 62.6 Å². The van der Waals surface area contributed by atoms with Crippen molar-refractivity contribution in [2.75, 3.05) is 5.88 Å². The number of hydrogen-bond acceptors (Lipinski definition) is 7. The summed E-state index contributed by atoms with van der Waals surface area (Å²) in [4.78, 5) is 41.8. The van der Waals surface area contributed by atoms with Crippen molar-refractivity contribution < 1.29 is 42.5 Å². The molecule has 3 aromatic carbocycles. The third-order valence-electron chi connectivity index (χ3n) is 7.50. The predicted molar refractivity (Wildman–Crippen MR) is 162 cm³/mol. The molecule has 4 N–H and O–H groups in total. The van der Waals surface area contributed by atoms with E-state index in [1.165, 1.54) is 47.0 Å². The Labute approximate surface area is 262 Å². The summed E-state index contributed by atoms with van der Waals surface area (Å²) in [6.45, 7) is 5.13. The van der Waals surface area contributed by atoms with E-state index in [1.807, 2.05) is 6.07 Å². The van der Waals surface area contributed by atoms with Gasteiger partial charge in [-0.2, -0.15) is 0 Å². The minimum absolute atomic E-state index is 0.0249. The number of thioether (sulfide) groups is 1. The van der Waals surface area contributed by atoms with Gasteiger partial charge >= 0.3 is 6.36 Å². The third kappa shape index (κ3) is 8.49. The molecule has 0 bridgehead atoms. The quantitative estimate of drug-likeness (QED) is 0.259. The summed E-state index contributed by atoms with van der Waals surface area (Å²) >= 11 is 1.34. The van der Waals surface area contributed by atoms with Crippen LogP contribution >= 0.6 is 11.8 Å². The van der Waals surface area contributed by atoms with Crippen molar-refractivity contribution in [3.63, 3.8) is 0 Å². The van der Waals surface area contributed by atoms with Crippen molar-refractivity contribution in [1.29, 1.82) is 0 Å². The molecule has 0 saturated carbocycles. The first-order valence-corrected chi connectivity index (χ1v) is 15.0. The van der Waals surface area contributed by atoms with Crippen LogP contribution in [-0.4, -0.2) is 68.0 Å². The van der Waals surface area contributed by atoms with Crippen molar-refractivity contribution in [1.82, 2.24) is 15.5 Å². The summed E-state index contributed by atoms with van der Waals surface area (Å²) < 4.78 is 40.5. The van der Waals surface area contributed by atoms with Gasteiger partial charge < -0.3 is 30.5 Å². The van der Waals surface area contributed by atoms with Crippen molar-refractivity contribution >= 4 is 29.5 Å². The van der Waals surface area contributed by atoms with E-state index < -0.39 is 52.8 Å². The summed E-state index contributed by atoms with van der Waals surface area (Å²) in [5.41, 5.74) is 1.78. The zero-order valence-corrected chi connectivity index (χ0v) is 25.6. The Bertz CT molecular complexity index is 1520. The minimum Gasteiger partial charge on any atom is -0.508 e. The molecule has 0 aliphatic carbocycles. The topological polar surface area (TPSA) is 128 Å². The zero-order chi connectivity index (χ0) is 32.9. The van der Waals surface area contributed by atoms with Gasteiger partial charge in [0.15, 0.2) is 6.10 Å². The SMILES string of the molecule is Cc1c(O)cccc1C(=O)N[C@@H](Cc1ccccc1)[C@H](O)C(=O)N1CSC(C)(C)C1C(=O)NCc1ccc(OC(F)(F)F)cc1. The summed E-state index contributed by atoms with van der Waals surface area (Å²) in [7, 11) is 0. The number of phenolic OH excluding ortho intramolecular Hbond substituents is 1. The molecule has 13 heteroatoms. The lowest BCUT2D eigenvalue weighted by Crippen LogP contribution is -2.58. The molecule has 1 fully saturated rings. The Morgan fingerprint density at radius 1 is 1.02 bits per heavy atom. The maximum atomic E-state index is 13.8. The number of halogens is 3. The molecule has 1 saturated heterocycles. The van der Waals surface area contributed by atoms with Crippen LogP contribution in [0.25, 0.3) is 0 Å². The van der Waals surface area contributed by atoms with Crippen LogP contribution in [0.1, 0.15) is 40.9 Å². The van der Waals surface area contributed by atoms with Gasteiger partial charge in [-0.15, -0.1) is 24.9 Å². The number of alkyl halides is 3. The standard InChI is InChI=1S/C32H34F3N3O6S/c1-19-23(10-7-11-25(19)39)28(41)37-24(16-20-8-5-4-6-9-20)26(40)30(43)38-18-45-31(2,3)27(38)29(42)36-17-21-12-14-22(15-13-21)44-32(33,34)35/h4-15,24,26-27,39-40H,16-18H2,1-3H3,(H,36,42)(H,37,41)/t24-,26-,27?/m0/s1. The van der Waals surface area contributed by atoms with Gasteiger partial charge in [-0.3, -0.25) is 14.4 Å². The number of hydrogen-bond donors (Lipinski definition) is 4. The van der Waals surface area contributed by atoms with Crippen LogP contribution in [0.15, 0.2) is 72.8 Å². The van der Waals surface area contributed by atoms with Gasteiger partial charge in [-0.1, -0.05) is 48.5 Å². The highest BCUT2D eigenvalue weighted by atomic mass is 32.2. The molecule has 1 unspecified atom stereocenters. The second-order valence-electron chi connectivity index (χ2n) is 11.2. The molecular formula is C32H34F3N3O6S. The van der Waals surface area contributed by atoms with E-state index in [-0.39, 0.29) is 30.2 Å². The second-order valence-corrected chi connectivity index (χ2v) is 12.8. The van der Waals surface area contributed by atoms with Crippen molar-refractivity contribution in [2.24, 2.45) is 0 Å². The molecule has 1 aliphatic heterocycles. The molecule has 9 nitrogen and oxygen atoms in total. The van der Waals surface area contributed by atoms with E-state index in [9.17, 15) is 37.8 Å². The van der Waals surface area contributed by atoms with Crippen LogP contribution in [0.4, 0.5) is 13.2 Å². The van der Waals surface area contributed by atoms with Gasteiger partial charge in [0, 0.05) is 22.4 Å². The number of nitrogens with zero attached hydrogens (tertiary/aromatic N) is 1. The van der Waals surface area contributed by atoms with Gasteiger partial charge in [-0.25, -0.2) is 0 Å². The van der Waals surface area contributed by atoms with Crippen LogP contribution in [0, 0.1) is 6.92 Å². The summed E-state index contributed by atoms with van der Waals surface area (Å²) in [5.74, 6) is -2.23. The lowest BCUT2D eigenvalue weighted by atomic mass is 9.96. The largest absolute Gasteiger partial charge is 0.573 e. The van der Waals surface area contributed by atoms with Crippen LogP contribution in [-0.2, 0) is 22.6 Å². The number of rotatable bonds is 10. The Morgan fingerprint density at radius 3 is 2.33 bits per heavy atom. The molecule has 3 amide bonds. The van der Waals surface area contributed by atoms with E-state index in [0.717, 1.165) is 17.7 Å². The molecule has 0 radical (unpaired) electrons. The number of aliphatic hydroxyl groups is 1. The smallest absolute Gasteiger partial charge is 0.508 e. The first kappa shape index (κ1) is 33.7. The summed E-state index contributed by atoms with van der Waals surface area (Å²) in [5, 5.41) is 27.0. The highest BCUT2D eigenvalue weighted by Gasteiger charge is 2.49. The highest BCUT2D eigenvalue weighted by Crippen LogP contribution is 2.40. The van der Waals surface area contributed by atoms with E-state index in [1.54, 1.807) is 45.0 Å². The predicted octanol–water partition coefficient (Wildman–Crippen LogP) is 4.30. The number of phenols is 1. The summed E-state index contributed by atoms with van der Waals surface area (Å²) in [6, 6.07) is 16.4. The fourth-order valence-electron chi connectivity index (χ4n) is 5.07. The normalized spacial score (nSPS) is 17.3. The first-order chi connectivity index (χ1) is 21.2. The number of aromatic hydroxyl groups is 1. The van der Waals surface area contributed by atoms with Crippen molar-refractivity contribution in [2.45, 2.75) is 63.0 Å². The maximum absolute atomic E-state index is 13.8. The van der Waals surface area contributed by atoms with Crippen LogP contribution in [0.5, 0.6) is 11.5 Å². The highest BCUT2D eigenvalue weighted by molar-refractivity contribution is 8.00. The number of carbonyl (C=O) groups is 3. The minimum atomic E-state index is -4.83. The van der Waals surface area contributed by atoms with Gasteiger partial charge in [0.1, 0.15) is 17.5 Å². The van der Waals surface area contributed by atoms with Gasteiger partial charge in [0.05, 0.1) is 11.9 Å². The molecule has 1 heterocycles. The molecule has 4 rings (SSSR count). The Balaban J connectivity index is 1.51. The summed E-state index contributed by atoms with van der Waals surface area (Å²) in [6.07, 6.45) is -6.45. The molecule has 0 spiro atoms. The fraction of sp³-hybridized carbons (Fsp3) is 0.344. The number of carbonyl (C=O) groups excluding carboxylic acids is 3. The molecule has 240 valence electrons. The van der Waals surface area contributed by atoms with Crippen LogP contribution in [0.2, 0.25) is 0 Å². The average Bonchev–Trinajstić information content (AvgIpc) is 3.31. The molecule has 3 atom stereocenters. The molecular weight excluding hydrogens is 611 g/mol. The zero-order valence-electron chi connectivity index (χ0n) is 24.8. The fourth-order valence-corrected chi connectivity index (χ4v) is 6.22. The lowest BCUT2D eigenvalue weighted by Gasteiger charge is -2.33. The van der Waals surface area contributed by atoms with E-state index in [2.05, 4.69) is 15.4 Å². The van der Waals surface area contributed by atoms with Crippen molar-refractivity contribution in [3.8, 4) is 11.5 Å². The Hall–Kier alpha value is -4.23. The average molecular weight is 646 g/mol. The van der Waals surface area contributed by atoms with E-state index in [4.69, 9.17) is 0 Å².